The van der Waals surface area contributed by atoms with Crippen molar-refractivity contribution >= 4 is 33.2 Å². The first-order valence-corrected chi connectivity index (χ1v) is 7.47. The van der Waals surface area contributed by atoms with Crippen LogP contribution in [0.4, 0.5) is 5.69 Å². The Kier molecular flexibility index (Phi) is 4.03. The number of ether oxygens (including phenoxy) is 2. The summed E-state index contributed by atoms with van der Waals surface area (Å²) in [4.78, 5) is 0. The maximum atomic E-state index is 5.98. The van der Waals surface area contributed by atoms with E-state index in [1.807, 2.05) is 36.4 Å². The zero-order valence-corrected chi connectivity index (χ0v) is 13.0. The smallest absolute Gasteiger partial charge is 0.166 e. The largest absolute Gasteiger partial charge is 0.486 e. The molecule has 0 saturated heterocycles. The first-order valence-electron chi connectivity index (χ1n) is 6.30. The molecule has 0 radical (unpaired) electrons. The third kappa shape index (κ3) is 2.86. The van der Waals surface area contributed by atoms with Crippen LogP contribution in [-0.4, -0.2) is 13.2 Å². The minimum absolute atomic E-state index is 0.594. The molecule has 0 fully saturated rings. The second-order valence-corrected chi connectivity index (χ2v) is 5.69. The molecule has 20 heavy (non-hydrogen) atoms. The standard InChI is InChI=1S/C15H13BrClNO2/c16-12-8-11(4-5-13(12)17)18-9-10-2-1-3-14-15(10)20-7-6-19-14/h1-5,8,18H,6-7,9H2. The van der Waals surface area contributed by atoms with Crippen LogP contribution < -0.4 is 14.8 Å². The molecule has 1 heterocycles. The molecule has 0 aliphatic carbocycles. The first-order chi connectivity index (χ1) is 9.74. The average Bonchev–Trinajstić information content (AvgIpc) is 2.48. The number of hydrogen-bond acceptors (Lipinski definition) is 3. The van der Waals surface area contributed by atoms with Crippen LogP contribution in [0.1, 0.15) is 5.56 Å². The summed E-state index contributed by atoms with van der Waals surface area (Å²) in [5.41, 5.74) is 2.07. The quantitative estimate of drug-likeness (QED) is 0.881. The van der Waals surface area contributed by atoms with Crippen LogP contribution in [0.15, 0.2) is 40.9 Å². The van der Waals surface area contributed by atoms with Crippen LogP contribution in [0.2, 0.25) is 5.02 Å². The van der Waals surface area contributed by atoms with Crippen molar-refractivity contribution in [1.82, 2.24) is 0 Å². The Hall–Kier alpha value is -1.39. The summed E-state index contributed by atoms with van der Waals surface area (Å²) in [5.74, 6) is 1.65. The molecule has 1 aliphatic heterocycles. The second kappa shape index (κ2) is 5.94. The number of anilines is 1. The van der Waals surface area contributed by atoms with Gasteiger partial charge in [-0.2, -0.15) is 0 Å². The fourth-order valence-electron chi connectivity index (χ4n) is 2.08. The normalized spacial score (nSPS) is 13.1. The highest BCUT2D eigenvalue weighted by molar-refractivity contribution is 9.10. The minimum atomic E-state index is 0.594. The van der Waals surface area contributed by atoms with Gasteiger partial charge >= 0.3 is 0 Å². The zero-order valence-electron chi connectivity index (χ0n) is 10.7. The topological polar surface area (TPSA) is 30.5 Å². The van der Waals surface area contributed by atoms with Crippen molar-refractivity contribution in [3.05, 3.63) is 51.5 Å². The van der Waals surface area contributed by atoms with Crippen LogP contribution in [0.3, 0.4) is 0 Å². The van der Waals surface area contributed by atoms with E-state index in [1.165, 1.54) is 0 Å². The van der Waals surface area contributed by atoms with Gasteiger partial charge in [-0.1, -0.05) is 23.7 Å². The number of halogens is 2. The fourth-order valence-corrected chi connectivity index (χ4v) is 2.57. The molecule has 0 saturated carbocycles. The lowest BCUT2D eigenvalue weighted by Crippen LogP contribution is -2.17. The summed E-state index contributed by atoms with van der Waals surface area (Å²) in [6.45, 7) is 1.87. The monoisotopic (exact) mass is 353 g/mol. The molecule has 0 unspecified atom stereocenters. The van der Waals surface area contributed by atoms with Gasteiger partial charge in [-0.3, -0.25) is 0 Å². The summed E-state index contributed by atoms with van der Waals surface area (Å²) in [7, 11) is 0. The third-order valence-corrected chi connectivity index (χ3v) is 4.26. The molecule has 0 spiro atoms. The maximum Gasteiger partial charge on any atom is 0.166 e. The van der Waals surface area contributed by atoms with E-state index in [0.29, 0.717) is 24.8 Å². The van der Waals surface area contributed by atoms with Gasteiger partial charge in [0.2, 0.25) is 0 Å². The van der Waals surface area contributed by atoms with Crippen molar-refractivity contribution in [3.63, 3.8) is 0 Å². The Morgan fingerprint density at radius 2 is 2.00 bits per heavy atom. The van der Waals surface area contributed by atoms with Gasteiger partial charge in [0.15, 0.2) is 11.5 Å². The molecule has 104 valence electrons. The highest BCUT2D eigenvalue weighted by atomic mass is 79.9. The lowest BCUT2D eigenvalue weighted by molar-refractivity contribution is 0.170. The molecule has 0 amide bonds. The molecule has 5 heteroatoms. The molecule has 3 nitrogen and oxygen atoms in total. The van der Waals surface area contributed by atoms with Gasteiger partial charge in [-0.05, 0) is 40.2 Å². The van der Waals surface area contributed by atoms with Crippen molar-refractivity contribution in [2.24, 2.45) is 0 Å². The highest BCUT2D eigenvalue weighted by Crippen LogP contribution is 2.34. The number of nitrogens with one attached hydrogen (secondary N) is 1. The Labute approximate surface area is 131 Å². The summed E-state index contributed by atoms with van der Waals surface area (Å²) >= 11 is 9.40. The molecule has 1 aliphatic rings. The summed E-state index contributed by atoms with van der Waals surface area (Å²) in [5, 5.41) is 4.05. The highest BCUT2D eigenvalue weighted by Gasteiger charge is 2.15. The molecule has 3 rings (SSSR count). The van der Waals surface area contributed by atoms with E-state index in [4.69, 9.17) is 21.1 Å². The molecule has 0 aromatic heterocycles. The minimum Gasteiger partial charge on any atom is -0.486 e. The van der Waals surface area contributed by atoms with Gasteiger partial charge in [0.05, 0.1) is 5.02 Å². The summed E-state index contributed by atoms with van der Waals surface area (Å²) in [6, 6.07) is 11.7. The third-order valence-electron chi connectivity index (χ3n) is 3.05. The van der Waals surface area contributed by atoms with E-state index in [-0.39, 0.29) is 0 Å². The number of rotatable bonds is 3. The average molecular weight is 355 g/mol. The predicted molar refractivity (Wildman–Crippen MR) is 83.9 cm³/mol. The molecular weight excluding hydrogens is 342 g/mol. The number of para-hydroxylation sites is 1. The van der Waals surface area contributed by atoms with E-state index in [1.54, 1.807) is 0 Å². The molecular formula is C15H13BrClNO2. The van der Waals surface area contributed by atoms with Gasteiger partial charge in [0, 0.05) is 22.3 Å². The van der Waals surface area contributed by atoms with E-state index in [2.05, 4.69) is 21.2 Å². The summed E-state index contributed by atoms with van der Waals surface area (Å²) in [6.07, 6.45) is 0. The SMILES string of the molecule is Clc1ccc(NCc2cccc3c2OCCO3)cc1Br. The van der Waals surface area contributed by atoms with Crippen molar-refractivity contribution in [2.75, 3.05) is 18.5 Å². The van der Waals surface area contributed by atoms with Gasteiger partial charge in [-0.25, -0.2) is 0 Å². The van der Waals surface area contributed by atoms with Gasteiger partial charge in [0.25, 0.3) is 0 Å². The fraction of sp³-hybridized carbons (Fsp3) is 0.200. The van der Waals surface area contributed by atoms with Crippen LogP contribution >= 0.6 is 27.5 Å². The van der Waals surface area contributed by atoms with Crippen LogP contribution in [0.5, 0.6) is 11.5 Å². The molecule has 2 aromatic rings. The summed E-state index contributed by atoms with van der Waals surface area (Å²) < 4.78 is 12.1. The molecule has 0 atom stereocenters. The first kappa shape index (κ1) is 13.6. The lowest BCUT2D eigenvalue weighted by atomic mass is 10.1. The van der Waals surface area contributed by atoms with E-state index < -0.39 is 0 Å². The van der Waals surface area contributed by atoms with E-state index >= 15 is 0 Å². The number of hydrogen-bond donors (Lipinski definition) is 1. The van der Waals surface area contributed by atoms with Crippen molar-refractivity contribution in [1.29, 1.82) is 0 Å². The Morgan fingerprint density at radius 3 is 2.85 bits per heavy atom. The van der Waals surface area contributed by atoms with Crippen molar-refractivity contribution < 1.29 is 9.47 Å². The second-order valence-electron chi connectivity index (χ2n) is 4.42. The lowest BCUT2D eigenvalue weighted by Gasteiger charge is -2.21. The molecule has 1 N–H and O–H groups in total. The van der Waals surface area contributed by atoms with Gasteiger partial charge in [-0.15, -0.1) is 0 Å². The van der Waals surface area contributed by atoms with E-state index in [9.17, 15) is 0 Å². The predicted octanol–water partition coefficient (Wildman–Crippen LogP) is 4.49. The number of fused-ring (bicyclic) bond motifs is 1. The van der Waals surface area contributed by atoms with Crippen LogP contribution in [-0.2, 0) is 6.54 Å². The zero-order chi connectivity index (χ0) is 13.9. The maximum absolute atomic E-state index is 5.98. The number of benzene rings is 2. The van der Waals surface area contributed by atoms with Gasteiger partial charge < -0.3 is 14.8 Å². The van der Waals surface area contributed by atoms with Gasteiger partial charge in [0.1, 0.15) is 13.2 Å². The van der Waals surface area contributed by atoms with Crippen molar-refractivity contribution in [2.45, 2.75) is 6.54 Å². The Balaban J connectivity index is 1.76. The Bertz CT molecular complexity index is 633. The Morgan fingerprint density at radius 1 is 1.15 bits per heavy atom. The van der Waals surface area contributed by atoms with Crippen molar-refractivity contribution in [3.8, 4) is 11.5 Å². The van der Waals surface area contributed by atoms with Crippen LogP contribution in [0, 0.1) is 0 Å². The molecule has 0 bridgehead atoms. The van der Waals surface area contributed by atoms with Crippen LogP contribution in [0.25, 0.3) is 0 Å². The van der Waals surface area contributed by atoms with E-state index in [0.717, 1.165) is 27.2 Å². The molecule has 2 aromatic carbocycles.